The minimum Gasteiger partial charge on any atom is -0.258 e. The van der Waals surface area contributed by atoms with Crippen LogP contribution in [0.15, 0.2) is 24.7 Å². The predicted octanol–water partition coefficient (Wildman–Crippen LogP) is 2.43. The van der Waals surface area contributed by atoms with Gasteiger partial charge in [0.25, 0.3) is 5.69 Å². The Bertz CT molecular complexity index is 557. The number of nitro groups is 1. The van der Waals surface area contributed by atoms with Crippen molar-refractivity contribution in [3.8, 4) is 5.82 Å². The van der Waals surface area contributed by atoms with Crippen LogP contribution in [0.3, 0.4) is 0 Å². The van der Waals surface area contributed by atoms with Crippen LogP contribution in [0, 0.1) is 13.7 Å². The Labute approximate surface area is 109 Å². The Kier molecular flexibility index (Phi) is 3.06. The second kappa shape index (κ2) is 4.34. The standard InChI is InChI=1S/C8H4ClIN4O2/c9-7-1-6(14(15)16)3-11-8(7)13-4-5(10)2-12-13/h1-4H. The molecule has 0 spiro atoms. The van der Waals surface area contributed by atoms with E-state index < -0.39 is 4.92 Å². The summed E-state index contributed by atoms with van der Waals surface area (Å²) in [6.45, 7) is 0. The van der Waals surface area contributed by atoms with Crippen LogP contribution in [0.1, 0.15) is 0 Å². The van der Waals surface area contributed by atoms with Crippen molar-refractivity contribution in [1.82, 2.24) is 14.8 Å². The molecule has 0 atom stereocenters. The zero-order valence-corrected chi connectivity index (χ0v) is 10.6. The minimum absolute atomic E-state index is 0.143. The van der Waals surface area contributed by atoms with Crippen LogP contribution >= 0.6 is 34.2 Å². The van der Waals surface area contributed by atoms with E-state index in [9.17, 15) is 10.1 Å². The highest BCUT2D eigenvalue weighted by atomic mass is 127. The molecule has 0 aliphatic carbocycles. The van der Waals surface area contributed by atoms with Gasteiger partial charge in [0.1, 0.15) is 6.20 Å². The summed E-state index contributed by atoms with van der Waals surface area (Å²) in [4.78, 5) is 13.8. The maximum absolute atomic E-state index is 10.5. The van der Waals surface area contributed by atoms with E-state index in [1.54, 1.807) is 12.4 Å². The van der Waals surface area contributed by atoms with Crippen molar-refractivity contribution < 1.29 is 4.92 Å². The summed E-state index contributed by atoms with van der Waals surface area (Å²) in [6, 6.07) is 1.25. The first-order chi connectivity index (χ1) is 7.58. The van der Waals surface area contributed by atoms with Gasteiger partial charge in [-0.3, -0.25) is 10.1 Å². The van der Waals surface area contributed by atoms with Crippen LogP contribution in [0.25, 0.3) is 5.82 Å². The van der Waals surface area contributed by atoms with Crippen molar-refractivity contribution in [3.63, 3.8) is 0 Å². The average molecular weight is 351 g/mol. The summed E-state index contributed by atoms with van der Waals surface area (Å²) in [7, 11) is 0. The Balaban J connectivity index is 2.47. The van der Waals surface area contributed by atoms with Crippen molar-refractivity contribution in [2.45, 2.75) is 0 Å². The monoisotopic (exact) mass is 350 g/mol. The summed E-state index contributed by atoms with van der Waals surface area (Å²) < 4.78 is 2.39. The van der Waals surface area contributed by atoms with Gasteiger partial charge in [-0.15, -0.1) is 0 Å². The third kappa shape index (κ3) is 2.14. The molecule has 8 heteroatoms. The van der Waals surface area contributed by atoms with Gasteiger partial charge in [-0.05, 0) is 22.6 Å². The first-order valence-corrected chi connectivity index (χ1v) is 5.54. The molecule has 2 rings (SSSR count). The highest BCUT2D eigenvalue weighted by molar-refractivity contribution is 14.1. The molecule has 2 heterocycles. The highest BCUT2D eigenvalue weighted by Gasteiger charge is 2.12. The van der Waals surface area contributed by atoms with Crippen LogP contribution in [0.5, 0.6) is 0 Å². The number of aromatic nitrogens is 3. The van der Waals surface area contributed by atoms with Crippen molar-refractivity contribution in [2.75, 3.05) is 0 Å². The number of nitrogens with zero attached hydrogens (tertiary/aromatic N) is 4. The van der Waals surface area contributed by atoms with Crippen LogP contribution in [-0.4, -0.2) is 19.7 Å². The molecule has 0 amide bonds. The van der Waals surface area contributed by atoms with Gasteiger partial charge in [0.2, 0.25) is 0 Å². The molecule has 0 saturated heterocycles. The molecule has 0 unspecified atom stereocenters. The highest BCUT2D eigenvalue weighted by Crippen LogP contribution is 2.22. The number of halogens is 2. The molecule has 0 fully saturated rings. The molecule has 0 aromatic carbocycles. The number of rotatable bonds is 2. The van der Waals surface area contributed by atoms with Gasteiger partial charge in [0.15, 0.2) is 5.82 Å². The lowest BCUT2D eigenvalue weighted by Gasteiger charge is -2.01. The summed E-state index contributed by atoms with van der Waals surface area (Å²) in [5.41, 5.74) is -0.143. The van der Waals surface area contributed by atoms with Crippen molar-refractivity contribution >= 4 is 39.9 Å². The number of hydrogen-bond acceptors (Lipinski definition) is 4. The quantitative estimate of drug-likeness (QED) is 0.474. The second-order valence-corrected chi connectivity index (χ2v) is 4.51. The molecule has 82 valence electrons. The molecule has 16 heavy (non-hydrogen) atoms. The lowest BCUT2D eigenvalue weighted by molar-refractivity contribution is -0.385. The number of hydrogen-bond donors (Lipinski definition) is 0. The fraction of sp³-hybridized carbons (Fsp3) is 0. The van der Waals surface area contributed by atoms with E-state index in [-0.39, 0.29) is 10.7 Å². The molecule has 0 N–H and O–H groups in total. The Morgan fingerprint density at radius 3 is 2.75 bits per heavy atom. The maximum Gasteiger partial charge on any atom is 0.289 e. The molecule has 0 saturated carbocycles. The smallest absolute Gasteiger partial charge is 0.258 e. The van der Waals surface area contributed by atoms with E-state index in [2.05, 4.69) is 32.7 Å². The first kappa shape index (κ1) is 11.3. The van der Waals surface area contributed by atoms with Crippen molar-refractivity contribution in [2.24, 2.45) is 0 Å². The Morgan fingerprint density at radius 2 is 2.25 bits per heavy atom. The summed E-state index contributed by atoms with van der Waals surface area (Å²) in [5.74, 6) is 0.371. The zero-order valence-electron chi connectivity index (χ0n) is 7.67. The van der Waals surface area contributed by atoms with Gasteiger partial charge in [-0.2, -0.15) is 5.10 Å². The Hall–Kier alpha value is -1.22. The molecule has 0 aliphatic heterocycles. The van der Waals surface area contributed by atoms with E-state index in [0.29, 0.717) is 5.82 Å². The Morgan fingerprint density at radius 1 is 1.50 bits per heavy atom. The minimum atomic E-state index is -0.546. The summed E-state index contributed by atoms with van der Waals surface area (Å²) in [5, 5.41) is 14.7. The molecular weight excluding hydrogens is 346 g/mol. The zero-order chi connectivity index (χ0) is 11.7. The lowest BCUT2D eigenvalue weighted by atomic mass is 10.4. The van der Waals surface area contributed by atoms with Gasteiger partial charge in [-0.1, -0.05) is 11.6 Å². The van der Waals surface area contributed by atoms with Crippen LogP contribution < -0.4 is 0 Å². The number of pyridine rings is 1. The third-order valence-electron chi connectivity index (χ3n) is 1.79. The van der Waals surface area contributed by atoms with Gasteiger partial charge < -0.3 is 0 Å². The fourth-order valence-corrected chi connectivity index (χ4v) is 1.74. The molecule has 2 aromatic rings. The van der Waals surface area contributed by atoms with Crippen LogP contribution in [0.4, 0.5) is 5.69 Å². The van der Waals surface area contributed by atoms with Gasteiger partial charge in [0.05, 0.1) is 19.7 Å². The fourth-order valence-electron chi connectivity index (χ4n) is 1.11. The lowest BCUT2D eigenvalue weighted by Crippen LogP contribution is -2.00. The SMILES string of the molecule is O=[N+]([O-])c1cnc(-n2cc(I)cn2)c(Cl)c1. The van der Waals surface area contributed by atoms with E-state index in [1.807, 2.05) is 0 Å². The maximum atomic E-state index is 10.5. The molecule has 2 aromatic heterocycles. The summed E-state index contributed by atoms with van der Waals surface area (Å²) >= 11 is 7.98. The van der Waals surface area contributed by atoms with E-state index in [1.165, 1.54) is 10.7 Å². The average Bonchev–Trinajstić information content (AvgIpc) is 2.64. The van der Waals surface area contributed by atoms with E-state index >= 15 is 0 Å². The first-order valence-electron chi connectivity index (χ1n) is 4.08. The molecular formula is C8H4ClIN4O2. The molecule has 0 aliphatic rings. The van der Waals surface area contributed by atoms with Gasteiger partial charge in [0, 0.05) is 12.3 Å². The van der Waals surface area contributed by atoms with Gasteiger partial charge >= 0.3 is 0 Å². The van der Waals surface area contributed by atoms with E-state index in [4.69, 9.17) is 11.6 Å². The van der Waals surface area contributed by atoms with Gasteiger partial charge in [-0.25, -0.2) is 9.67 Å². The normalized spacial score (nSPS) is 10.4. The topological polar surface area (TPSA) is 73.8 Å². The predicted molar refractivity (Wildman–Crippen MR) is 65.7 cm³/mol. The largest absolute Gasteiger partial charge is 0.289 e. The molecule has 0 radical (unpaired) electrons. The molecule has 6 nitrogen and oxygen atoms in total. The van der Waals surface area contributed by atoms with Crippen LogP contribution in [-0.2, 0) is 0 Å². The molecule has 0 bridgehead atoms. The van der Waals surface area contributed by atoms with Crippen molar-refractivity contribution in [3.05, 3.63) is 43.4 Å². The van der Waals surface area contributed by atoms with Crippen LogP contribution in [0.2, 0.25) is 5.02 Å². The van der Waals surface area contributed by atoms with Crippen molar-refractivity contribution in [1.29, 1.82) is 0 Å². The second-order valence-electron chi connectivity index (χ2n) is 2.86. The summed E-state index contributed by atoms with van der Waals surface area (Å²) in [6.07, 6.45) is 4.51. The van der Waals surface area contributed by atoms with E-state index in [0.717, 1.165) is 9.77 Å². The third-order valence-corrected chi connectivity index (χ3v) is 2.62.